The lowest BCUT2D eigenvalue weighted by Gasteiger charge is -2.14. The molecule has 2 aromatic carbocycles. The van der Waals surface area contributed by atoms with Gasteiger partial charge in [-0.15, -0.1) is 0 Å². The van der Waals surface area contributed by atoms with Gasteiger partial charge in [-0.05, 0) is 40.8 Å². The van der Waals surface area contributed by atoms with Crippen molar-refractivity contribution >= 4 is 30.6 Å². The Morgan fingerprint density at radius 2 is 1.76 bits per heavy atom. The minimum absolute atomic E-state index is 0.199. The topological polar surface area (TPSA) is 66.8 Å². The first-order valence-electron chi connectivity index (χ1n) is 7.78. The average Bonchev–Trinajstić information content (AvgIpc) is 2.49. The molecule has 1 atom stereocenters. The van der Waals surface area contributed by atoms with Crippen molar-refractivity contribution in [1.29, 1.82) is 0 Å². The van der Waals surface area contributed by atoms with Crippen molar-refractivity contribution in [2.45, 2.75) is 26.2 Å². The van der Waals surface area contributed by atoms with Gasteiger partial charge < -0.3 is 14.7 Å². The van der Waals surface area contributed by atoms with Crippen LogP contribution in [0, 0.1) is 0 Å². The van der Waals surface area contributed by atoms with Gasteiger partial charge in [-0.3, -0.25) is 4.57 Å². The highest BCUT2D eigenvalue weighted by molar-refractivity contribution is 7.56. The zero-order valence-corrected chi connectivity index (χ0v) is 16.7. The maximum absolute atomic E-state index is 11.3. The monoisotopic (exact) mass is 402 g/mol. The smallest absolute Gasteiger partial charge is 0.233 e. The van der Waals surface area contributed by atoms with Crippen LogP contribution in [-0.2, 0) is 11.0 Å². The molecule has 4 nitrogen and oxygen atoms in total. The molecule has 0 aromatic heterocycles. The summed E-state index contributed by atoms with van der Waals surface area (Å²) in [5, 5.41) is 10.8. The van der Waals surface area contributed by atoms with Crippen LogP contribution in [-0.4, -0.2) is 23.0 Å². The highest BCUT2D eigenvalue weighted by atomic mass is 35.5. The van der Waals surface area contributed by atoms with E-state index in [1.165, 1.54) is 6.66 Å². The Hall–Kier alpha value is -1.19. The van der Waals surface area contributed by atoms with Gasteiger partial charge in [0.2, 0.25) is 7.37 Å². The number of rotatable bonds is 6. The summed E-state index contributed by atoms with van der Waals surface area (Å²) in [7, 11) is -3.28. The van der Waals surface area contributed by atoms with E-state index in [1.807, 2.05) is 26.0 Å². The molecule has 0 fully saturated rings. The van der Waals surface area contributed by atoms with Crippen LogP contribution in [0.1, 0.15) is 36.5 Å². The van der Waals surface area contributed by atoms with Crippen molar-refractivity contribution in [1.82, 2.24) is 0 Å². The summed E-state index contributed by atoms with van der Waals surface area (Å²) in [6, 6.07) is 8.61. The summed E-state index contributed by atoms with van der Waals surface area (Å²) in [5.74, 6) is 0.820. The van der Waals surface area contributed by atoms with Crippen LogP contribution in [0.5, 0.6) is 11.5 Å². The number of hydrogen-bond acceptors (Lipinski definition) is 3. The molecule has 0 aliphatic carbocycles. The second-order valence-corrected chi connectivity index (χ2v) is 9.59. The zero-order valence-electron chi connectivity index (χ0n) is 14.3. The van der Waals surface area contributed by atoms with Gasteiger partial charge in [0.15, 0.2) is 6.35 Å². The standard InChI is InChI=1S/C18H21Cl2O4P/c1-11(2)14-6-12(4-5-18(14)21)7-15-16(19)8-13(9-17(15)20)24-10-25(3,22)23/h4-6,8-9,11,21H,7,10H2,1-3H3,(H,22,23). The van der Waals surface area contributed by atoms with Gasteiger partial charge in [-0.1, -0.05) is 49.2 Å². The van der Waals surface area contributed by atoms with E-state index in [4.69, 9.17) is 27.9 Å². The Morgan fingerprint density at radius 1 is 1.16 bits per heavy atom. The number of ether oxygens (including phenoxy) is 1. The van der Waals surface area contributed by atoms with E-state index >= 15 is 0 Å². The lowest BCUT2D eigenvalue weighted by Crippen LogP contribution is -1.99. The van der Waals surface area contributed by atoms with Gasteiger partial charge in [0.25, 0.3) is 0 Å². The summed E-state index contributed by atoms with van der Waals surface area (Å²) in [5.41, 5.74) is 2.58. The summed E-state index contributed by atoms with van der Waals surface area (Å²) >= 11 is 12.6. The molecule has 0 aliphatic heterocycles. The summed E-state index contributed by atoms with van der Waals surface area (Å²) in [6.07, 6.45) is 0.207. The number of benzene rings is 2. The fraction of sp³-hybridized carbons (Fsp3) is 0.333. The van der Waals surface area contributed by atoms with Crippen molar-refractivity contribution in [2.75, 3.05) is 13.0 Å². The highest BCUT2D eigenvalue weighted by Crippen LogP contribution is 2.38. The van der Waals surface area contributed by atoms with Crippen molar-refractivity contribution in [3.63, 3.8) is 0 Å². The van der Waals surface area contributed by atoms with Gasteiger partial charge >= 0.3 is 0 Å². The van der Waals surface area contributed by atoms with E-state index in [0.29, 0.717) is 22.2 Å². The van der Waals surface area contributed by atoms with Crippen LogP contribution >= 0.6 is 30.6 Å². The van der Waals surface area contributed by atoms with E-state index in [1.54, 1.807) is 18.2 Å². The number of phenols is 1. The predicted molar refractivity (Wildman–Crippen MR) is 103 cm³/mol. The van der Waals surface area contributed by atoms with E-state index in [2.05, 4.69) is 0 Å². The molecule has 0 aliphatic rings. The van der Waals surface area contributed by atoms with Gasteiger partial charge in [0, 0.05) is 23.1 Å². The van der Waals surface area contributed by atoms with Crippen LogP contribution in [0.15, 0.2) is 30.3 Å². The lowest BCUT2D eigenvalue weighted by molar-refractivity contribution is 0.352. The fourth-order valence-electron chi connectivity index (χ4n) is 2.41. The first kappa shape index (κ1) is 20.1. The molecule has 0 amide bonds. The largest absolute Gasteiger partial charge is 0.508 e. The summed E-state index contributed by atoms with van der Waals surface area (Å²) in [4.78, 5) is 9.30. The lowest BCUT2D eigenvalue weighted by atomic mass is 9.96. The predicted octanol–water partition coefficient (Wildman–Crippen LogP) is 5.65. The van der Waals surface area contributed by atoms with Gasteiger partial charge in [0.05, 0.1) is 0 Å². The van der Waals surface area contributed by atoms with Crippen LogP contribution in [0.25, 0.3) is 0 Å². The third-order valence-corrected chi connectivity index (χ3v) is 4.96. The van der Waals surface area contributed by atoms with Gasteiger partial charge in [-0.2, -0.15) is 0 Å². The Bertz CT molecular complexity index is 792. The minimum atomic E-state index is -3.28. The molecule has 0 radical (unpaired) electrons. The normalized spacial score (nSPS) is 13.7. The molecule has 25 heavy (non-hydrogen) atoms. The Balaban J connectivity index is 2.26. The van der Waals surface area contributed by atoms with Crippen molar-refractivity contribution in [3.05, 3.63) is 57.1 Å². The first-order valence-corrected chi connectivity index (χ1v) is 10.8. The molecule has 0 saturated heterocycles. The molecule has 7 heteroatoms. The van der Waals surface area contributed by atoms with Crippen LogP contribution in [0.2, 0.25) is 10.0 Å². The number of hydrogen-bond donors (Lipinski definition) is 2. The third-order valence-electron chi connectivity index (χ3n) is 3.68. The molecule has 0 heterocycles. The van der Waals surface area contributed by atoms with Crippen LogP contribution < -0.4 is 4.74 Å². The summed E-state index contributed by atoms with van der Waals surface area (Å²) < 4.78 is 16.6. The van der Waals surface area contributed by atoms with Gasteiger partial charge in [-0.25, -0.2) is 0 Å². The van der Waals surface area contributed by atoms with E-state index in [0.717, 1.165) is 16.7 Å². The molecule has 2 rings (SSSR count). The quantitative estimate of drug-likeness (QED) is 0.612. The minimum Gasteiger partial charge on any atom is -0.508 e. The second kappa shape index (κ2) is 8.01. The van der Waals surface area contributed by atoms with E-state index < -0.39 is 7.37 Å². The number of halogens is 2. The zero-order chi connectivity index (χ0) is 18.8. The van der Waals surface area contributed by atoms with E-state index in [9.17, 15) is 14.6 Å². The SMILES string of the molecule is CC(C)c1cc(Cc2c(Cl)cc(OCP(C)(=O)O)cc2Cl)ccc1O. The molecular formula is C18H21Cl2O4P. The maximum atomic E-state index is 11.3. The first-order chi connectivity index (χ1) is 11.6. The Labute approximate surface area is 157 Å². The third kappa shape index (κ3) is 5.65. The Kier molecular flexibility index (Phi) is 6.45. The average molecular weight is 403 g/mol. The molecule has 0 saturated carbocycles. The number of phenolic OH excluding ortho intramolecular Hbond substituents is 1. The van der Waals surface area contributed by atoms with Crippen molar-refractivity contribution in [2.24, 2.45) is 0 Å². The fourth-order valence-corrected chi connectivity index (χ4v) is 3.40. The van der Waals surface area contributed by atoms with Crippen molar-refractivity contribution in [3.8, 4) is 11.5 Å². The number of aromatic hydroxyl groups is 1. The molecule has 2 aromatic rings. The molecular weight excluding hydrogens is 382 g/mol. The maximum Gasteiger partial charge on any atom is 0.233 e. The van der Waals surface area contributed by atoms with Gasteiger partial charge in [0.1, 0.15) is 11.5 Å². The Morgan fingerprint density at radius 3 is 2.28 bits per heavy atom. The molecule has 136 valence electrons. The molecule has 2 N–H and O–H groups in total. The molecule has 1 unspecified atom stereocenters. The van der Waals surface area contributed by atoms with Crippen LogP contribution in [0.4, 0.5) is 0 Å². The van der Waals surface area contributed by atoms with Crippen LogP contribution in [0.3, 0.4) is 0 Å². The molecule has 0 spiro atoms. The highest BCUT2D eigenvalue weighted by Gasteiger charge is 2.15. The van der Waals surface area contributed by atoms with E-state index in [-0.39, 0.29) is 18.0 Å². The summed E-state index contributed by atoms with van der Waals surface area (Å²) in [6.45, 7) is 5.25. The van der Waals surface area contributed by atoms with Crippen molar-refractivity contribution < 1.29 is 19.3 Å². The molecule has 0 bridgehead atoms. The second-order valence-electron chi connectivity index (χ2n) is 6.41.